The zero-order chi connectivity index (χ0) is 20.6. The average molecular weight is 399 g/mol. The largest absolute Gasteiger partial charge is 0.396 e. The third-order valence-corrected chi connectivity index (χ3v) is 6.22. The normalized spacial score (nSPS) is 27.6. The first kappa shape index (κ1) is 21.8. The number of nitrogens with zero attached hydrogens (tertiary/aromatic N) is 4. The molecule has 0 aliphatic carbocycles. The molecular weight excluding hydrogens is 364 g/mol. The predicted molar refractivity (Wildman–Crippen MR) is 114 cm³/mol. The van der Waals surface area contributed by atoms with Crippen molar-refractivity contribution in [1.82, 2.24) is 19.8 Å². The number of hydrogen-bond donors (Lipinski definition) is 1. The number of rotatable bonds is 5. The molecule has 0 bridgehead atoms. The molecule has 4 rings (SSSR count). The van der Waals surface area contributed by atoms with Crippen molar-refractivity contribution < 1.29 is 9.84 Å². The van der Waals surface area contributed by atoms with E-state index in [4.69, 9.17) is 4.74 Å². The van der Waals surface area contributed by atoms with Crippen LogP contribution in [0, 0.1) is 11.8 Å². The van der Waals surface area contributed by atoms with Gasteiger partial charge in [-0.25, -0.2) is 0 Å². The summed E-state index contributed by atoms with van der Waals surface area (Å²) in [6.07, 6.45) is 9.76. The van der Waals surface area contributed by atoms with Gasteiger partial charge in [-0.05, 0) is 63.3 Å². The number of hydrogen-bond acceptors (Lipinski definition) is 6. The summed E-state index contributed by atoms with van der Waals surface area (Å²) in [5, 5.41) is 9.27. The lowest BCUT2D eigenvalue weighted by Crippen LogP contribution is -2.23. The van der Waals surface area contributed by atoms with E-state index in [9.17, 15) is 5.11 Å². The molecule has 2 aromatic heterocycles. The maximum Gasteiger partial charge on any atom is 0.0509 e. The van der Waals surface area contributed by atoms with Crippen LogP contribution >= 0.6 is 0 Å². The summed E-state index contributed by atoms with van der Waals surface area (Å²) >= 11 is 0. The SMILES string of the molecule is CN1CCC(CO)C1c1cccnc1.COCC1CCN(C)C1c1cccnc1. The number of aliphatic hydroxyl groups is 1. The molecule has 0 saturated carbocycles. The fourth-order valence-electron chi connectivity index (χ4n) is 4.79. The number of aliphatic hydroxyl groups excluding tert-OH is 1. The summed E-state index contributed by atoms with van der Waals surface area (Å²) < 4.78 is 5.28. The molecule has 0 aromatic carbocycles. The molecule has 158 valence electrons. The predicted octanol–water partition coefficient (Wildman–Crippen LogP) is 2.79. The molecule has 29 heavy (non-hydrogen) atoms. The number of likely N-dealkylation sites (tertiary alicyclic amines) is 2. The first-order valence-electron chi connectivity index (χ1n) is 10.5. The van der Waals surface area contributed by atoms with Crippen molar-refractivity contribution in [3.05, 3.63) is 60.2 Å². The van der Waals surface area contributed by atoms with Crippen molar-refractivity contribution in [3.63, 3.8) is 0 Å². The van der Waals surface area contributed by atoms with Gasteiger partial charge in [0.05, 0.1) is 6.61 Å². The van der Waals surface area contributed by atoms with Gasteiger partial charge in [-0.15, -0.1) is 0 Å². The number of aromatic nitrogens is 2. The Morgan fingerprint density at radius 3 is 1.90 bits per heavy atom. The first-order chi connectivity index (χ1) is 14.2. The standard InChI is InChI=1S/C12H18N2O.C11H16N2O/c1-14-7-5-11(9-15-2)12(14)10-4-3-6-13-8-10;1-13-6-4-10(8-14)11(13)9-3-2-5-12-7-9/h3-4,6,8,11-12H,5,7,9H2,1-2H3;2-3,5,7,10-11,14H,4,6,8H2,1H3. The molecule has 2 aliphatic heterocycles. The van der Waals surface area contributed by atoms with Crippen LogP contribution in [0.3, 0.4) is 0 Å². The maximum absolute atomic E-state index is 9.27. The fourth-order valence-corrected chi connectivity index (χ4v) is 4.79. The maximum atomic E-state index is 9.27. The minimum absolute atomic E-state index is 0.268. The van der Waals surface area contributed by atoms with E-state index in [1.165, 1.54) is 17.5 Å². The van der Waals surface area contributed by atoms with Crippen molar-refractivity contribution in [2.24, 2.45) is 11.8 Å². The molecular formula is C23H34N4O2. The molecule has 2 saturated heterocycles. The van der Waals surface area contributed by atoms with Crippen LogP contribution in [-0.2, 0) is 4.74 Å². The topological polar surface area (TPSA) is 61.7 Å². The van der Waals surface area contributed by atoms with Crippen molar-refractivity contribution >= 4 is 0 Å². The van der Waals surface area contributed by atoms with Crippen LogP contribution in [0.1, 0.15) is 36.1 Å². The van der Waals surface area contributed by atoms with E-state index in [0.717, 1.165) is 26.1 Å². The van der Waals surface area contributed by atoms with Gasteiger partial charge in [0.15, 0.2) is 0 Å². The summed E-state index contributed by atoms with van der Waals surface area (Å²) in [5.74, 6) is 0.966. The molecule has 0 amide bonds. The van der Waals surface area contributed by atoms with E-state index in [1.54, 1.807) is 13.3 Å². The van der Waals surface area contributed by atoms with Crippen LogP contribution in [0.2, 0.25) is 0 Å². The second kappa shape index (κ2) is 10.8. The summed E-state index contributed by atoms with van der Waals surface area (Å²) in [5.41, 5.74) is 2.52. The highest BCUT2D eigenvalue weighted by Gasteiger charge is 2.33. The van der Waals surface area contributed by atoms with Crippen molar-refractivity contribution in [2.75, 3.05) is 47.5 Å². The Bertz CT molecular complexity index is 713. The van der Waals surface area contributed by atoms with Gasteiger partial charge in [0, 0.05) is 62.4 Å². The van der Waals surface area contributed by atoms with E-state index in [2.05, 4.69) is 46.0 Å². The Balaban J connectivity index is 0.000000166. The number of methoxy groups -OCH3 is 1. The highest BCUT2D eigenvalue weighted by Crippen LogP contribution is 2.36. The Kier molecular flexibility index (Phi) is 8.12. The van der Waals surface area contributed by atoms with Crippen LogP contribution in [0.5, 0.6) is 0 Å². The molecule has 1 N–H and O–H groups in total. The summed E-state index contributed by atoms with van der Waals surface area (Å²) in [6.45, 7) is 3.31. The van der Waals surface area contributed by atoms with E-state index in [-0.39, 0.29) is 6.61 Å². The Labute approximate surface area is 174 Å². The minimum Gasteiger partial charge on any atom is -0.396 e. The molecule has 0 radical (unpaired) electrons. The van der Waals surface area contributed by atoms with Gasteiger partial charge in [0.2, 0.25) is 0 Å². The quantitative estimate of drug-likeness (QED) is 0.836. The van der Waals surface area contributed by atoms with E-state index in [1.807, 2.05) is 30.7 Å². The van der Waals surface area contributed by atoms with Crippen LogP contribution in [0.15, 0.2) is 49.1 Å². The van der Waals surface area contributed by atoms with E-state index >= 15 is 0 Å². The minimum atomic E-state index is 0.268. The molecule has 6 nitrogen and oxygen atoms in total. The van der Waals surface area contributed by atoms with Crippen LogP contribution < -0.4 is 0 Å². The van der Waals surface area contributed by atoms with Gasteiger partial charge in [-0.3, -0.25) is 19.8 Å². The van der Waals surface area contributed by atoms with Crippen molar-refractivity contribution in [3.8, 4) is 0 Å². The zero-order valence-corrected chi connectivity index (χ0v) is 17.8. The van der Waals surface area contributed by atoms with Gasteiger partial charge in [-0.2, -0.15) is 0 Å². The van der Waals surface area contributed by atoms with Crippen LogP contribution in [0.4, 0.5) is 0 Å². The Hall–Kier alpha value is -1.86. The van der Waals surface area contributed by atoms with Gasteiger partial charge < -0.3 is 9.84 Å². The second-order valence-electron chi connectivity index (χ2n) is 8.16. The lowest BCUT2D eigenvalue weighted by Gasteiger charge is -2.24. The van der Waals surface area contributed by atoms with Gasteiger partial charge >= 0.3 is 0 Å². The van der Waals surface area contributed by atoms with Gasteiger partial charge in [0.1, 0.15) is 0 Å². The van der Waals surface area contributed by atoms with Crippen molar-refractivity contribution in [2.45, 2.75) is 24.9 Å². The lowest BCUT2D eigenvalue weighted by molar-refractivity contribution is 0.130. The van der Waals surface area contributed by atoms with Gasteiger partial charge in [-0.1, -0.05) is 12.1 Å². The Morgan fingerprint density at radius 2 is 1.45 bits per heavy atom. The van der Waals surface area contributed by atoms with E-state index in [0.29, 0.717) is 23.9 Å². The summed E-state index contributed by atoms with van der Waals surface area (Å²) in [4.78, 5) is 13.0. The van der Waals surface area contributed by atoms with Crippen LogP contribution in [-0.4, -0.2) is 72.4 Å². The molecule has 2 aliphatic rings. The van der Waals surface area contributed by atoms with Gasteiger partial charge in [0.25, 0.3) is 0 Å². The molecule has 2 fully saturated rings. The third-order valence-electron chi connectivity index (χ3n) is 6.22. The first-order valence-corrected chi connectivity index (χ1v) is 10.5. The highest BCUT2D eigenvalue weighted by molar-refractivity contribution is 5.17. The summed E-state index contributed by atoms with van der Waals surface area (Å²) in [6, 6.07) is 9.01. The third kappa shape index (κ3) is 5.39. The molecule has 4 heterocycles. The smallest absolute Gasteiger partial charge is 0.0509 e. The molecule has 4 atom stereocenters. The molecule has 0 spiro atoms. The van der Waals surface area contributed by atoms with Crippen LogP contribution in [0.25, 0.3) is 0 Å². The average Bonchev–Trinajstić information content (AvgIpc) is 3.32. The monoisotopic (exact) mass is 398 g/mol. The summed E-state index contributed by atoms with van der Waals surface area (Å²) in [7, 11) is 6.05. The zero-order valence-electron chi connectivity index (χ0n) is 17.8. The molecule has 4 unspecified atom stereocenters. The number of ether oxygens (including phenoxy) is 1. The van der Waals surface area contributed by atoms with Crippen molar-refractivity contribution in [1.29, 1.82) is 0 Å². The number of pyridine rings is 2. The lowest BCUT2D eigenvalue weighted by atomic mass is 9.96. The second-order valence-corrected chi connectivity index (χ2v) is 8.16. The fraction of sp³-hybridized carbons (Fsp3) is 0.565. The van der Waals surface area contributed by atoms with E-state index < -0.39 is 0 Å². The highest BCUT2D eigenvalue weighted by atomic mass is 16.5. The molecule has 6 heteroatoms. The molecule has 2 aromatic rings. The Morgan fingerprint density at radius 1 is 0.931 bits per heavy atom.